The minimum atomic E-state index is -4.41. The van der Waals surface area contributed by atoms with Crippen molar-refractivity contribution >= 4 is 51.7 Å². The van der Waals surface area contributed by atoms with Gasteiger partial charge in [0.15, 0.2) is 12.4 Å². The first-order valence-electron chi connectivity index (χ1n) is 16.8. The summed E-state index contributed by atoms with van der Waals surface area (Å²) in [5.41, 5.74) is 11.2. The van der Waals surface area contributed by atoms with E-state index in [-0.39, 0.29) is 31.7 Å². The van der Waals surface area contributed by atoms with Crippen LogP contribution in [0.2, 0.25) is 0 Å². The molecule has 0 aromatic carbocycles. The molecule has 1 aromatic rings. The lowest BCUT2D eigenvalue weighted by molar-refractivity contribution is -0.671. The Labute approximate surface area is 303 Å². The van der Waals surface area contributed by atoms with Gasteiger partial charge in [-0.15, -0.1) is 0 Å². The van der Waals surface area contributed by atoms with Crippen molar-refractivity contribution in [2.45, 2.75) is 95.9 Å². The van der Waals surface area contributed by atoms with Gasteiger partial charge in [-0.25, -0.2) is 13.0 Å². The van der Waals surface area contributed by atoms with Gasteiger partial charge >= 0.3 is 0 Å². The molecular formula is C32H50N8O11S. The Balaban J connectivity index is 0.00000143. The van der Waals surface area contributed by atoms with Gasteiger partial charge < -0.3 is 41.8 Å². The molecule has 7 amide bonds. The molecule has 2 saturated heterocycles. The molecule has 0 unspecified atom stereocenters. The van der Waals surface area contributed by atoms with E-state index in [1.165, 1.54) is 16.7 Å². The fourth-order valence-corrected chi connectivity index (χ4v) is 5.93. The minimum Gasteiger partial charge on any atom is -0.726 e. The number of aromatic nitrogens is 1. The summed E-state index contributed by atoms with van der Waals surface area (Å²) in [5.74, 6) is -3.96. The number of rotatable bonds is 15. The highest BCUT2D eigenvalue weighted by Crippen LogP contribution is 2.21. The van der Waals surface area contributed by atoms with E-state index in [1.54, 1.807) is 36.1 Å². The molecule has 2 aliphatic heterocycles. The molecule has 1 aromatic heterocycles. The number of pyridine rings is 1. The zero-order valence-electron chi connectivity index (χ0n) is 30.0. The highest BCUT2D eigenvalue weighted by atomic mass is 32.3. The van der Waals surface area contributed by atoms with Crippen LogP contribution in [-0.4, -0.2) is 115 Å². The predicted molar refractivity (Wildman–Crippen MR) is 182 cm³/mol. The van der Waals surface area contributed by atoms with Crippen LogP contribution in [-0.2, 0) is 50.4 Å². The van der Waals surface area contributed by atoms with Crippen LogP contribution < -0.4 is 32.0 Å². The van der Waals surface area contributed by atoms with Crippen LogP contribution in [0.15, 0.2) is 24.5 Å². The van der Waals surface area contributed by atoms with E-state index in [0.29, 0.717) is 37.8 Å². The zero-order valence-corrected chi connectivity index (χ0v) is 30.8. The van der Waals surface area contributed by atoms with E-state index in [0.717, 1.165) is 7.11 Å². The summed E-state index contributed by atoms with van der Waals surface area (Å²) in [5, 5.41) is 8.06. The molecule has 0 bridgehead atoms. The van der Waals surface area contributed by atoms with Crippen molar-refractivity contribution in [3.05, 3.63) is 30.1 Å². The lowest BCUT2D eigenvalue weighted by Crippen LogP contribution is -2.58. The highest BCUT2D eigenvalue weighted by molar-refractivity contribution is 7.80. The van der Waals surface area contributed by atoms with Gasteiger partial charge in [0.25, 0.3) is 5.91 Å². The molecule has 0 saturated carbocycles. The molecule has 20 heteroatoms. The van der Waals surface area contributed by atoms with Gasteiger partial charge in [0.05, 0.1) is 7.11 Å². The number of amides is 7. The summed E-state index contributed by atoms with van der Waals surface area (Å²) in [6.07, 6.45) is 5.19. The van der Waals surface area contributed by atoms with E-state index in [1.807, 2.05) is 13.8 Å². The van der Waals surface area contributed by atoms with Crippen molar-refractivity contribution in [3.8, 4) is 0 Å². The maximum atomic E-state index is 13.6. The SMILES string of the molecule is CC(C)C[C@H](NC(=O)[C@H](CCC(N)=O)NC(=O)[C@@H]1CCCN1C(=O)[C@H](C)NC(=O)c1ccc[n+](C)c1)C(=O)N1CCC[C@H]1C(N)=O.COS(=O)(=O)[O-]. The van der Waals surface area contributed by atoms with Crippen LogP contribution >= 0.6 is 0 Å². The number of carbonyl (C=O) groups excluding carboxylic acids is 7. The van der Waals surface area contributed by atoms with Crippen molar-refractivity contribution in [3.63, 3.8) is 0 Å². The van der Waals surface area contributed by atoms with E-state index in [9.17, 15) is 46.5 Å². The van der Waals surface area contributed by atoms with E-state index >= 15 is 0 Å². The Morgan fingerprint density at radius 1 is 0.942 bits per heavy atom. The molecule has 0 aliphatic carbocycles. The summed E-state index contributed by atoms with van der Waals surface area (Å²) < 4.78 is 32.7. The molecule has 52 heavy (non-hydrogen) atoms. The Hall–Kier alpha value is -4.69. The Morgan fingerprint density at radius 2 is 1.52 bits per heavy atom. The monoisotopic (exact) mass is 754 g/mol. The fraction of sp³-hybridized carbons (Fsp3) is 0.625. The third-order valence-corrected chi connectivity index (χ3v) is 8.87. The van der Waals surface area contributed by atoms with Gasteiger partial charge in [0.1, 0.15) is 42.8 Å². The summed E-state index contributed by atoms with van der Waals surface area (Å²) in [6, 6.07) is -1.52. The standard InChI is InChI=1S/C31H46N8O7.CH4O4S/c1-18(2)16-22(31(46)38-14-6-9-23(38)26(33)41)36-28(43)21(11-12-25(32)40)35-29(44)24-10-7-15-39(24)30(45)19(3)34-27(42)20-8-5-13-37(4)17-20;1-5-6(2,3)4/h5,8,13,17-19,21-24H,6-7,9-12,14-16H2,1-4H3,(H6-,32,33,34,35,36,40,41,42,43,44);1H3,(H,2,3,4)/t19-,21-,22-,23-,24-;/m0./s1. The topological polar surface area (TPSA) is 284 Å². The second-order valence-electron chi connectivity index (χ2n) is 13.1. The van der Waals surface area contributed by atoms with Crippen molar-refractivity contribution in [1.29, 1.82) is 0 Å². The smallest absolute Gasteiger partial charge is 0.257 e. The van der Waals surface area contributed by atoms with E-state index in [2.05, 4.69) is 20.1 Å². The Bertz CT molecular complexity index is 1590. The van der Waals surface area contributed by atoms with Crippen LogP contribution in [0.4, 0.5) is 0 Å². The number of aryl methyl sites for hydroxylation is 1. The zero-order chi connectivity index (χ0) is 39.3. The second-order valence-corrected chi connectivity index (χ2v) is 14.2. The van der Waals surface area contributed by atoms with Gasteiger partial charge in [0, 0.05) is 25.6 Å². The number of nitrogens with two attached hydrogens (primary N) is 2. The van der Waals surface area contributed by atoms with Gasteiger partial charge in [-0.3, -0.25) is 37.7 Å². The van der Waals surface area contributed by atoms with Crippen LogP contribution in [0.3, 0.4) is 0 Å². The largest absolute Gasteiger partial charge is 0.726 e. The molecule has 0 spiro atoms. The molecule has 3 rings (SSSR count). The quantitative estimate of drug-likeness (QED) is 0.0707. The van der Waals surface area contributed by atoms with Crippen molar-refractivity contribution in [2.24, 2.45) is 24.4 Å². The summed E-state index contributed by atoms with van der Waals surface area (Å²) >= 11 is 0. The first kappa shape index (κ1) is 43.5. The number of nitrogens with one attached hydrogen (secondary N) is 3. The molecule has 3 heterocycles. The van der Waals surface area contributed by atoms with Crippen LogP contribution in [0.25, 0.3) is 0 Å². The average Bonchev–Trinajstić information content (AvgIpc) is 3.76. The number of likely N-dealkylation sites (tertiary alicyclic amines) is 2. The first-order chi connectivity index (χ1) is 24.2. The van der Waals surface area contributed by atoms with Crippen molar-refractivity contribution in [1.82, 2.24) is 25.8 Å². The third-order valence-electron chi connectivity index (χ3n) is 8.46. The molecule has 2 fully saturated rings. The first-order valence-corrected chi connectivity index (χ1v) is 18.2. The van der Waals surface area contributed by atoms with Crippen LogP contribution in [0.5, 0.6) is 0 Å². The summed E-state index contributed by atoms with van der Waals surface area (Å²) in [6.45, 7) is 5.89. The maximum Gasteiger partial charge on any atom is 0.257 e. The number of hydrogen-bond acceptors (Lipinski definition) is 11. The minimum absolute atomic E-state index is 0.00671. The predicted octanol–water partition coefficient (Wildman–Crippen LogP) is -2.53. The van der Waals surface area contributed by atoms with Crippen molar-refractivity contribution in [2.75, 3.05) is 20.2 Å². The molecular weight excluding hydrogens is 704 g/mol. The highest BCUT2D eigenvalue weighted by Gasteiger charge is 2.40. The number of nitrogens with zero attached hydrogens (tertiary/aromatic N) is 3. The summed E-state index contributed by atoms with van der Waals surface area (Å²) in [7, 11) is -1.84. The van der Waals surface area contributed by atoms with Crippen LogP contribution in [0.1, 0.15) is 76.1 Å². The lowest BCUT2D eigenvalue weighted by atomic mass is 10.0. The molecule has 2 aliphatic rings. The van der Waals surface area contributed by atoms with Gasteiger partial charge in [-0.2, -0.15) is 0 Å². The molecule has 5 atom stereocenters. The Kier molecular flexibility index (Phi) is 16.5. The van der Waals surface area contributed by atoms with Gasteiger partial charge in [-0.1, -0.05) is 13.8 Å². The fourth-order valence-electron chi connectivity index (χ4n) is 5.93. The van der Waals surface area contributed by atoms with Gasteiger partial charge in [-0.05, 0) is 57.4 Å². The van der Waals surface area contributed by atoms with E-state index in [4.69, 9.17) is 11.5 Å². The lowest BCUT2D eigenvalue weighted by Gasteiger charge is -2.31. The molecule has 19 nitrogen and oxygen atoms in total. The van der Waals surface area contributed by atoms with Gasteiger partial charge in [0.2, 0.25) is 45.8 Å². The Morgan fingerprint density at radius 3 is 2.04 bits per heavy atom. The summed E-state index contributed by atoms with van der Waals surface area (Å²) in [4.78, 5) is 93.0. The maximum absolute atomic E-state index is 13.6. The normalized spacial score (nSPS) is 18.8. The van der Waals surface area contributed by atoms with E-state index < -0.39 is 82.0 Å². The number of primary amides is 2. The molecule has 290 valence electrons. The second kappa shape index (κ2) is 19.8. The van der Waals surface area contributed by atoms with Crippen LogP contribution in [0, 0.1) is 5.92 Å². The number of hydrogen-bond donors (Lipinski definition) is 5. The van der Waals surface area contributed by atoms with Crippen molar-refractivity contribution < 1.29 is 55.3 Å². The third kappa shape index (κ3) is 13.5. The molecule has 7 N–H and O–H groups in total. The number of carbonyl (C=O) groups is 7. The average molecular weight is 755 g/mol. The molecule has 0 radical (unpaired) electrons.